The fraction of sp³-hybridized carbons (Fsp3) is 0.562. The molecule has 1 amide bonds. The van der Waals surface area contributed by atoms with Crippen molar-refractivity contribution in [2.24, 2.45) is 0 Å². The first-order chi connectivity index (χ1) is 10.2. The number of nitrogens with zero attached hydrogens (tertiary/aromatic N) is 1. The van der Waals surface area contributed by atoms with Gasteiger partial charge in [0, 0.05) is 0 Å². The van der Waals surface area contributed by atoms with Gasteiger partial charge in [-0.05, 0) is 52.7 Å². The molecule has 0 aromatic carbocycles. The molecule has 1 fully saturated rings. The number of carbonyl (C=O) groups is 2. The zero-order valence-corrected chi connectivity index (χ0v) is 13.2. The Morgan fingerprint density at radius 2 is 2.09 bits per heavy atom. The van der Waals surface area contributed by atoms with E-state index >= 15 is 0 Å². The Morgan fingerprint density at radius 3 is 2.68 bits per heavy atom. The number of hydrogen-bond acceptors (Lipinski definition) is 5. The number of aromatic nitrogens is 1. The first-order valence-electron chi connectivity index (χ1n) is 7.44. The Hall–Kier alpha value is -2.11. The Labute approximate surface area is 129 Å². The summed E-state index contributed by atoms with van der Waals surface area (Å²) in [6, 6.07) is 3.25. The largest absolute Gasteiger partial charge is 0.458 e. The van der Waals surface area contributed by atoms with E-state index in [1.165, 1.54) is 0 Å². The van der Waals surface area contributed by atoms with E-state index in [2.05, 4.69) is 10.3 Å². The zero-order valence-electron chi connectivity index (χ0n) is 13.2. The van der Waals surface area contributed by atoms with Crippen molar-refractivity contribution in [3.63, 3.8) is 0 Å². The summed E-state index contributed by atoms with van der Waals surface area (Å²) in [6.45, 7) is 7.28. The molecule has 6 heteroatoms. The van der Waals surface area contributed by atoms with Crippen molar-refractivity contribution in [1.29, 1.82) is 0 Å². The van der Waals surface area contributed by atoms with Crippen LogP contribution in [-0.2, 0) is 14.9 Å². The van der Waals surface area contributed by atoms with E-state index in [9.17, 15) is 9.59 Å². The third kappa shape index (κ3) is 2.53. The number of hydrogen-bond donors (Lipinski definition) is 1. The molecule has 1 atom stereocenters. The fourth-order valence-electron chi connectivity index (χ4n) is 2.79. The van der Waals surface area contributed by atoms with Gasteiger partial charge in [-0.15, -0.1) is 0 Å². The fourth-order valence-corrected chi connectivity index (χ4v) is 2.79. The van der Waals surface area contributed by atoms with E-state index in [4.69, 9.17) is 9.47 Å². The first-order valence-corrected chi connectivity index (χ1v) is 7.44. The molecule has 0 saturated heterocycles. The van der Waals surface area contributed by atoms with Crippen LogP contribution in [0.3, 0.4) is 0 Å². The molecule has 118 valence electrons. The molecule has 2 heterocycles. The minimum Gasteiger partial charge on any atom is -0.458 e. The molecule has 0 unspecified atom stereocenters. The highest BCUT2D eigenvalue weighted by Gasteiger charge is 2.56. The molecule has 3 rings (SSSR count). The Morgan fingerprint density at radius 1 is 1.41 bits per heavy atom. The van der Waals surface area contributed by atoms with Gasteiger partial charge in [-0.3, -0.25) is 5.32 Å². The second-order valence-corrected chi connectivity index (χ2v) is 6.92. The van der Waals surface area contributed by atoms with Crippen LogP contribution >= 0.6 is 0 Å². The third-order valence-electron chi connectivity index (χ3n) is 4.07. The van der Waals surface area contributed by atoms with Gasteiger partial charge >= 0.3 is 12.1 Å². The minimum absolute atomic E-state index is 0.184. The zero-order chi connectivity index (χ0) is 16.1. The lowest BCUT2D eigenvalue weighted by Crippen LogP contribution is -2.37. The Kier molecular flexibility index (Phi) is 3.16. The lowest BCUT2D eigenvalue weighted by Gasteiger charge is -2.30. The summed E-state index contributed by atoms with van der Waals surface area (Å²) < 4.78 is 10.6. The van der Waals surface area contributed by atoms with Crippen LogP contribution in [0, 0.1) is 0 Å². The van der Waals surface area contributed by atoms with E-state index in [-0.39, 0.29) is 17.5 Å². The van der Waals surface area contributed by atoms with Crippen molar-refractivity contribution in [2.75, 3.05) is 5.32 Å². The number of nitrogens with one attached hydrogen (secondary N) is 1. The molecule has 0 bridgehead atoms. The number of rotatable bonds is 1. The number of fused-ring (bicyclic) bond motifs is 2. The maximum absolute atomic E-state index is 12.0. The lowest BCUT2D eigenvalue weighted by molar-refractivity contribution is 0.0183. The van der Waals surface area contributed by atoms with Crippen LogP contribution in [0.25, 0.3) is 0 Å². The number of pyridine rings is 1. The molecular weight excluding hydrogens is 284 g/mol. The van der Waals surface area contributed by atoms with Gasteiger partial charge in [0.15, 0.2) is 0 Å². The number of esters is 1. The normalized spacial score (nSPS) is 21.8. The Balaban J connectivity index is 1.86. The van der Waals surface area contributed by atoms with E-state index in [0.29, 0.717) is 11.4 Å². The topological polar surface area (TPSA) is 77.5 Å². The maximum Gasteiger partial charge on any atom is 0.413 e. The molecule has 6 nitrogen and oxygen atoms in total. The van der Waals surface area contributed by atoms with Crippen LogP contribution in [0.5, 0.6) is 0 Å². The maximum atomic E-state index is 12.0. The summed E-state index contributed by atoms with van der Waals surface area (Å²) in [5, 5.41) is 2.62. The van der Waals surface area contributed by atoms with Crippen LogP contribution in [0.1, 0.15) is 56.6 Å². The lowest BCUT2D eigenvalue weighted by atomic mass is 9.89. The van der Waals surface area contributed by atoms with E-state index in [1.54, 1.807) is 32.9 Å². The number of carbonyl (C=O) groups excluding carboxylic acids is 2. The molecule has 1 aliphatic heterocycles. The van der Waals surface area contributed by atoms with Crippen molar-refractivity contribution in [3.8, 4) is 0 Å². The highest BCUT2D eigenvalue weighted by Crippen LogP contribution is 2.54. The molecule has 1 aromatic rings. The summed E-state index contributed by atoms with van der Waals surface area (Å²) in [5.74, 6) is 0.0394. The summed E-state index contributed by atoms with van der Waals surface area (Å²) in [7, 11) is 0. The second kappa shape index (κ2) is 4.69. The molecule has 22 heavy (non-hydrogen) atoms. The molecular formula is C16H20N2O4. The van der Waals surface area contributed by atoms with Gasteiger partial charge in [-0.2, -0.15) is 0 Å². The van der Waals surface area contributed by atoms with Crippen LogP contribution in [0.15, 0.2) is 12.1 Å². The van der Waals surface area contributed by atoms with Gasteiger partial charge < -0.3 is 9.47 Å². The predicted molar refractivity (Wildman–Crippen MR) is 79.9 cm³/mol. The van der Waals surface area contributed by atoms with Crippen molar-refractivity contribution < 1.29 is 19.1 Å². The van der Waals surface area contributed by atoms with E-state index < -0.39 is 11.7 Å². The molecule has 1 aliphatic carbocycles. The second-order valence-electron chi connectivity index (χ2n) is 6.92. The van der Waals surface area contributed by atoms with Gasteiger partial charge in [0.1, 0.15) is 17.5 Å². The van der Waals surface area contributed by atoms with Gasteiger partial charge in [0.2, 0.25) is 0 Å². The summed E-state index contributed by atoms with van der Waals surface area (Å²) >= 11 is 0. The van der Waals surface area contributed by atoms with Crippen LogP contribution < -0.4 is 5.32 Å². The van der Waals surface area contributed by atoms with Gasteiger partial charge in [-0.25, -0.2) is 14.6 Å². The van der Waals surface area contributed by atoms with Gasteiger partial charge in [-0.1, -0.05) is 0 Å². The number of anilines is 1. The van der Waals surface area contributed by atoms with E-state index in [0.717, 1.165) is 18.5 Å². The average molecular weight is 304 g/mol. The third-order valence-corrected chi connectivity index (χ3v) is 4.07. The summed E-state index contributed by atoms with van der Waals surface area (Å²) in [4.78, 5) is 28.3. The van der Waals surface area contributed by atoms with Crippen molar-refractivity contribution in [3.05, 3.63) is 23.4 Å². The monoisotopic (exact) mass is 304 g/mol. The predicted octanol–water partition coefficient (Wildman–Crippen LogP) is 3.02. The minimum atomic E-state index is -0.575. The highest BCUT2D eigenvalue weighted by atomic mass is 16.6. The summed E-state index contributed by atoms with van der Waals surface area (Å²) in [6.07, 6.45) is 1.14. The highest BCUT2D eigenvalue weighted by molar-refractivity contribution is 5.93. The van der Waals surface area contributed by atoms with Crippen molar-refractivity contribution >= 4 is 17.9 Å². The van der Waals surface area contributed by atoms with Crippen LogP contribution in [-0.4, -0.2) is 28.8 Å². The quantitative estimate of drug-likeness (QED) is 0.807. The number of cyclic esters (lactones) is 1. The first kappa shape index (κ1) is 14.8. The molecule has 0 radical (unpaired) electrons. The molecule has 1 saturated carbocycles. The molecule has 1 N–H and O–H groups in total. The summed E-state index contributed by atoms with van der Waals surface area (Å²) in [5.41, 5.74) is 0.457. The van der Waals surface area contributed by atoms with Gasteiger partial charge in [0.05, 0.1) is 16.7 Å². The van der Waals surface area contributed by atoms with Crippen LogP contribution in [0.4, 0.5) is 10.6 Å². The van der Waals surface area contributed by atoms with E-state index in [1.807, 2.05) is 6.92 Å². The number of amides is 1. The smallest absolute Gasteiger partial charge is 0.413 e. The van der Waals surface area contributed by atoms with Gasteiger partial charge in [0.25, 0.3) is 0 Å². The molecule has 1 aromatic heterocycles. The average Bonchev–Trinajstić information content (AvgIpc) is 3.15. The van der Waals surface area contributed by atoms with Crippen molar-refractivity contribution in [2.45, 2.75) is 57.7 Å². The van der Waals surface area contributed by atoms with Crippen molar-refractivity contribution in [1.82, 2.24) is 4.98 Å². The SMILES string of the molecule is C[C@@H]1OC(=O)c2ccc(NC(=O)OC(C)(C)C)nc2C12CC2. The number of ether oxygens (including phenoxy) is 2. The van der Waals surface area contributed by atoms with Crippen LogP contribution in [0.2, 0.25) is 0 Å². The Bertz CT molecular complexity index is 644. The standard InChI is InChI=1S/C16H20N2O4/c1-9-16(7-8-16)12-10(13(19)21-9)5-6-11(17-12)18-14(20)22-15(2,3)4/h5-6,9H,7-8H2,1-4H3,(H,17,18,20)/t9-/m0/s1. The molecule has 1 spiro atoms. The molecule has 2 aliphatic rings.